The Labute approximate surface area is 124 Å². The lowest BCUT2D eigenvalue weighted by Gasteiger charge is -2.06. The fraction of sp³-hybridized carbons (Fsp3) is 0.154. The molecule has 0 atom stereocenters. The van der Waals surface area contributed by atoms with E-state index in [4.69, 9.17) is 23.2 Å². The standard InChI is InChI=1S/C13H10Cl2N2O3/c1-16-6-10(12(19)17(2)13(16)20)11(18)7-3-8(14)5-9(15)4-7/h3-6H,1-2H3. The summed E-state index contributed by atoms with van der Waals surface area (Å²) in [4.78, 5) is 35.9. The van der Waals surface area contributed by atoms with Gasteiger partial charge in [0, 0.05) is 35.9 Å². The van der Waals surface area contributed by atoms with Gasteiger partial charge in [-0.1, -0.05) is 23.2 Å². The van der Waals surface area contributed by atoms with Gasteiger partial charge in [-0.05, 0) is 18.2 Å². The van der Waals surface area contributed by atoms with Crippen LogP contribution in [0.1, 0.15) is 15.9 Å². The van der Waals surface area contributed by atoms with Crippen molar-refractivity contribution >= 4 is 29.0 Å². The van der Waals surface area contributed by atoms with Gasteiger partial charge in [0.1, 0.15) is 5.56 Å². The first-order valence-electron chi connectivity index (χ1n) is 5.58. The van der Waals surface area contributed by atoms with Crippen molar-refractivity contribution in [2.75, 3.05) is 0 Å². The summed E-state index contributed by atoms with van der Waals surface area (Å²) in [5, 5.41) is 0.588. The fourth-order valence-corrected chi connectivity index (χ4v) is 2.33. The number of carbonyl (C=O) groups is 1. The zero-order valence-electron chi connectivity index (χ0n) is 10.7. The zero-order chi connectivity index (χ0) is 15.0. The van der Waals surface area contributed by atoms with Crippen LogP contribution in [-0.4, -0.2) is 14.9 Å². The number of ketones is 1. The Morgan fingerprint density at radius 1 is 1.05 bits per heavy atom. The van der Waals surface area contributed by atoms with Crippen LogP contribution in [0, 0.1) is 0 Å². The normalized spacial score (nSPS) is 10.6. The van der Waals surface area contributed by atoms with Crippen molar-refractivity contribution in [1.29, 1.82) is 0 Å². The SMILES string of the molecule is Cn1cc(C(=O)c2cc(Cl)cc(Cl)c2)c(=O)n(C)c1=O. The lowest BCUT2D eigenvalue weighted by Crippen LogP contribution is -2.39. The molecule has 0 amide bonds. The number of aromatic nitrogens is 2. The van der Waals surface area contributed by atoms with Crippen LogP contribution in [-0.2, 0) is 14.1 Å². The van der Waals surface area contributed by atoms with E-state index in [1.54, 1.807) is 0 Å². The van der Waals surface area contributed by atoms with E-state index in [1.807, 2.05) is 0 Å². The molecule has 0 spiro atoms. The van der Waals surface area contributed by atoms with Crippen LogP contribution >= 0.6 is 23.2 Å². The van der Waals surface area contributed by atoms with E-state index < -0.39 is 17.0 Å². The van der Waals surface area contributed by atoms with Gasteiger partial charge in [-0.25, -0.2) is 4.79 Å². The Hall–Kier alpha value is -1.85. The first kappa shape index (κ1) is 14.6. The van der Waals surface area contributed by atoms with Crippen LogP contribution in [0.3, 0.4) is 0 Å². The molecule has 0 saturated carbocycles. The summed E-state index contributed by atoms with van der Waals surface area (Å²) >= 11 is 11.7. The highest BCUT2D eigenvalue weighted by molar-refractivity contribution is 6.35. The van der Waals surface area contributed by atoms with Gasteiger partial charge in [0.2, 0.25) is 0 Å². The number of rotatable bonds is 2. The molecule has 0 aliphatic heterocycles. The number of hydrogen-bond acceptors (Lipinski definition) is 3. The largest absolute Gasteiger partial charge is 0.330 e. The van der Waals surface area contributed by atoms with Crippen LogP contribution in [0.4, 0.5) is 0 Å². The van der Waals surface area contributed by atoms with Crippen molar-refractivity contribution < 1.29 is 4.79 Å². The van der Waals surface area contributed by atoms with Gasteiger partial charge in [-0.3, -0.25) is 14.2 Å². The highest BCUT2D eigenvalue weighted by atomic mass is 35.5. The van der Waals surface area contributed by atoms with Crippen LogP contribution in [0.2, 0.25) is 10.0 Å². The number of hydrogen-bond donors (Lipinski definition) is 0. The molecule has 104 valence electrons. The van der Waals surface area contributed by atoms with E-state index in [1.165, 1.54) is 43.1 Å². The maximum atomic E-state index is 12.3. The second-order valence-electron chi connectivity index (χ2n) is 4.29. The molecule has 0 bridgehead atoms. The van der Waals surface area contributed by atoms with Crippen molar-refractivity contribution in [3.05, 3.63) is 66.4 Å². The predicted octanol–water partition coefficient (Wildman–Crippen LogP) is 1.62. The third-order valence-electron chi connectivity index (χ3n) is 2.82. The third kappa shape index (κ3) is 2.55. The number of aryl methyl sites for hydroxylation is 1. The molecule has 1 heterocycles. The van der Waals surface area contributed by atoms with Crippen LogP contribution < -0.4 is 11.2 Å². The minimum absolute atomic E-state index is 0.118. The number of halogens is 2. The number of benzene rings is 1. The molecular weight excluding hydrogens is 303 g/mol. The molecule has 0 saturated heterocycles. The summed E-state index contributed by atoms with van der Waals surface area (Å²) < 4.78 is 2.04. The zero-order valence-corrected chi connectivity index (χ0v) is 12.2. The Morgan fingerprint density at radius 2 is 1.60 bits per heavy atom. The van der Waals surface area contributed by atoms with Crippen LogP contribution in [0.15, 0.2) is 34.0 Å². The summed E-state index contributed by atoms with van der Waals surface area (Å²) in [5.41, 5.74) is -1.09. The van der Waals surface area contributed by atoms with Crippen molar-refractivity contribution in [2.24, 2.45) is 14.1 Å². The van der Waals surface area contributed by atoms with Gasteiger partial charge in [0.05, 0.1) is 0 Å². The molecule has 0 aliphatic rings. The fourth-order valence-electron chi connectivity index (χ4n) is 1.80. The van der Waals surface area contributed by atoms with Crippen LogP contribution in [0.25, 0.3) is 0 Å². The average Bonchev–Trinajstić information content (AvgIpc) is 2.38. The molecule has 1 aromatic carbocycles. The van der Waals surface area contributed by atoms with Crippen molar-refractivity contribution in [1.82, 2.24) is 9.13 Å². The summed E-state index contributed by atoms with van der Waals surface area (Å²) in [6, 6.07) is 4.32. The van der Waals surface area contributed by atoms with E-state index in [0.717, 1.165) is 4.57 Å². The first-order chi connectivity index (χ1) is 9.31. The molecular formula is C13H10Cl2N2O3. The summed E-state index contributed by atoms with van der Waals surface area (Å²) in [7, 11) is 2.77. The average molecular weight is 313 g/mol. The van der Waals surface area contributed by atoms with Crippen LogP contribution in [0.5, 0.6) is 0 Å². The molecule has 0 fully saturated rings. The number of carbonyl (C=O) groups excluding carboxylic acids is 1. The van der Waals surface area contributed by atoms with Gasteiger partial charge in [0.15, 0.2) is 5.78 Å². The van der Waals surface area contributed by atoms with E-state index >= 15 is 0 Å². The van der Waals surface area contributed by atoms with Gasteiger partial charge in [-0.15, -0.1) is 0 Å². The molecule has 0 aliphatic carbocycles. The molecule has 2 rings (SSSR count). The van der Waals surface area contributed by atoms with E-state index in [2.05, 4.69) is 0 Å². The third-order valence-corrected chi connectivity index (χ3v) is 3.25. The summed E-state index contributed by atoms with van der Waals surface area (Å²) in [5.74, 6) is -0.536. The Balaban J connectivity index is 2.66. The maximum Gasteiger partial charge on any atom is 0.330 e. The van der Waals surface area contributed by atoms with Gasteiger partial charge >= 0.3 is 5.69 Å². The number of nitrogens with zero attached hydrogens (tertiary/aromatic N) is 2. The highest BCUT2D eigenvalue weighted by Gasteiger charge is 2.17. The monoisotopic (exact) mass is 312 g/mol. The predicted molar refractivity (Wildman–Crippen MR) is 76.8 cm³/mol. The lowest BCUT2D eigenvalue weighted by molar-refractivity contribution is 0.103. The Kier molecular flexibility index (Phi) is 3.83. The Bertz CT molecular complexity index is 801. The molecule has 7 heteroatoms. The minimum Gasteiger partial charge on any atom is -0.303 e. The summed E-state index contributed by atoms with van der Waals surface area (Å²) in [6.07, 6.45) is 1.21. The molecule has 0 unspecified atom stereocenters. The quantitative estimate of drug-likeness (QED) is 0.792. The molecule has 0 radical (unpaired) electrons. The van der Waals surface area contributed by atoms with Gasteiger partial charge in [0.25, 0.3) is 5.56 Å². The molecule has 20 heavy (non-hydrogen) atoms. The highest BCUT2D eigenvalue weighted by Crippen LogP contribution is 2.20. The van der Waals surface area contributed by atoms with E-state index in [0.29, 0.717) is 10.0 Å². The second-order valence-corrected chi connectivity index (χ2v) is 5.16. The topological polar surface area (TPSA) is 61.1 Å². The molecule has 2 aromatic rings. The first-order valence-corrected chi connectivity index (χ1v) is 6.34. The minimum atomic E-state index is -0.658. The Morgan fingerprint density at radius 3 is 2.15 bits per heavy atom. The van der Waals surface area contributed by atoms with Gasteiger partial charge < -0.3 is 4.57 Å². The molecule has 0 N–H and O–H groups in total. The maximum absolute atomic E-state index is 12.3. The smallest absolute Gasteiger partial charge is 0.303 e. The lowest BCUT2D eigenvalue weighted by atomic mass is 10.1. The second kappa shape index (κ2) is 5.26. The molecule has 1 aromatic heterocycles. The van der Waals surface area contributed by atoms with E-state index in [9.17, 15) is 14.4 Å². The van der Waals surface area contributed by atoms with Crippen molar-refractivity contribution in [3.8, 4) is 0 Å². The van der Waals surface area contributed by atoms with E-state index in [-0.39, 0.29) is 11.1 Å². The molecule has 5 nitrogen and oxygen atoms in total. The van der Waals surface area contributed by atoms with Crippen molar-refractivity contribution in [2.45, 2.75) is 0 Å². The van der Waals surface area contributed by atoms with Crippen molar-refractivity contribution in [3.63, 3.8) is 0 Å². The van der Waals surface area contributed by atoms with Gasteiger partial charge in [-0.2, -0.15) is 0 Å². The summed E-state index contributed by atoms with van der Waals surface area (Å²) in [6.45, 7) is 0.